The van der Waals surface area contributed by atoms with Gasteiger partial charge in [0.2, 0.25) is 5.91 Å². The number of aromatic nitrogens is 2. The molecular formula is C19H25N3O3S2. The highest BCUT2D eigenvalue weighted by Gasteiger charge is 2.29. The fourth-order valence-electron chi connectivity index (χ4n) is 4.12. The van der Waals surface area contributed by atoms with Crippen LogP contribution < -0.4 is 5.32 Å². The summed E-state index contributed by atoms with van der Waals surface area (Å²) in [5, 5.41) is 3.75. The Hall–Kier alpha value is -1.54. The average molecular weight is 408 g/mol. The molecule has 1 aliphatic heterocycles. The maximum Gasteiger partial charge on any atom is 0.230 e. The molecule has 0 spiro atoms. The van der Waals surface area contributed by atoms with Gasteiger partial charge < -0.3 is 9.88 Å². The lowest BCUT2D eigenvalue weighted by atomic mass is 9.95. The summed E-state index contributed by atoms with van der Waals surface area (Å²) < 4.78 is 25.4. The fraction of sp³-hybridized carbons (Fsp3) is 0.579. The number of imidazole rings is 1. The number of nitrogens with one attached hydrogen (secondary N) is 1. The van der Waals surface area contributed by atoms with Crippen molar-refractivity contribution in [3.63, 3.8) is 0 Å². The number of para-hydroxylation sites is 2. The number of nitrogens with zero attached hydrogens (tertiary/aromatic N) is 2. The fourth-order valence-corrected chi connectivity index (χ4v) is 6.69. The Morgan fingerprint density at radius 2 is 1.96 bits per heavy atom. The summed E-state index contributed by atoms with van der Waals surface area (Å²) in [7, 11) is -2.98. The zero-order valence-corrected chi connectivity index (χ0v) is 16.9. The molecule has 1 aliphatic carbocycles. The average Bonchev–Trinajstić information content (AvgIpc) is 3.20. The molecule has 1 aromatic carbocycles. The summed E-state index contributed by atoms with van der Waals surface area (Å²) in [5.41, 5.74) is 2.10. The summed E-state index contributed by atoms with van der Waals surface area (Å²) in [6, 6.07) is 8.33. The molecule has 1 atom stereocenters. The third-order valence-corrected chi connectivity index (χ3v) is 8.15. The lowest BCUT2D eigenvalue weighted by Crippen LogP contribution is -2.36. The summed E-state index contributed by atoms with van der Waals surface area (Å²) in [5.74, 6) is 0.364. The van der Waals surface area contributed by atoms with E-state index in [1.165, 1.54) is 31.0 Å². The van der Waals surface area contributed by atoms with Gasteiger partial charge in [-0.1, -0.05) is 43.2 Å². The molecule has 4 rings (SSSR count). The van der Waals surface area contributed by atoms with Crippen LogP contribution in [0.1, 0.15) is 44.6 Å². The molecule has 27 heavy (non-hydrogen) atoms. The van der Waals surface area contributed by atoms with Crippen molar-refractivity contribution < 1.29 is 13.2 Å². The number of carbonyl (C=O) groups is 1. The van der Waals surface area contributed by atoms with Crippen LogP contribution in [0.25, 0.3) is 11.0 Å². The van der Waals surface area contributed by atoms with Crippen LogP contribution in [0.5, 0.6) is 0 Å². The van der Waals surface area contributed by atoms with Gasteiger partial charge in [0.1, 0.15) is 0 Å². The van der Waals surface area contributed by atoms with E-state index in [2.05, 4.69) is 16.0 Å². The van der Waals surface area contributed by atoms with Gasteiger partial charge in [-0.05, 0) is 31.4 Å². The molecular weight excluding hydrogens is 382 g/mol. The van der Waals surface area contributed by atoms with E-state index in [0.717, 1.165) is 29.0 Å². The molecule has 1 saturated carbocycles. The van der Waals surface area contributed by atoms with E-state index < -0.39 is 9.84 Å². The van der Waals surface area contributed by atoms with Crippen molar-refractivity contribution in [2.75, 3.05) is 17.3 Å². The third kappa shape index (κ3) is 4.32. The van der Waals surface area contributed by atoms with Crippen LogP contribution in [0.15, 0.2) is 29.4 Å². The molecule has 1 aromatic heterocycles. The first kappa shape index (κ1) is 18.8. The molecule has 0 bridgehead atoms. The minimum Gasteiger partial charge on any atom is -0.352 e. The van der Waals surface area contributed by atoms with Gasteiger partial charge in [0, 0.05) is 12.1 Å². The maximum atomic E-state index is 12.3. The first-order valence-corrected chi connectivity index (χ1v) is 12.4. The topological polar surface area (TPSA) is 81.1 Å². The first-order valence-electron chi connectivity index (χ1n) is 9.61. The largest absolute Gasteiger partial charge is 0.352 e. The molecule has 2 aromatic rings. The van der Waals surface area contributed by atoms with E-state index in [4.69, 9.17) is 4.98 Å². The molecule has 146 valence electrons. The van der Waals surface area contributed by atoms with Gasteiger partial charge in [0.25, 0.3) is 0 Å². The van der Waals surface area contributed by atoms with Crippen LogP contribution in [-0.2, 0) is 14.6 Å². The van der Waals surface area contributed by atoms with Gasteiger partial charge in [-0.15, -0.1) is 0 Å². The molecule has 1 saturated heterocycles. The number of amides is 1. The van der Waals surface area contributed by atoms with Gasteiger partial charge in [0.15, 0.2) is 15.0 Å². The van der Waals surface area contributed by atoms with Crippen LogP contribution in [0.3, 0.4) is 0 Å². The van der Waals surface area contributed by atoms with Gasteiger partial charge >= 0.3 is 0 Å². The molecule has 1 amide bonds. The smallest absolute Gasteiger partial charge is 0.230 e. The van der Waals surface area contributed by atoms with E-state index in [1.54, 1.807) is 0 Å². The number of thioether (sulfide) groups is 1. The molecule has 0 unspecified atom stereocenters. The van der Waals surface area contributed by atoms with E-state index in [1.807, 2.05) is 18.2 Å². The van der Waals surface area contributed by atoms with E-state index in [-0.39, 0.29) is 29.2 Å². The predicted molar refractivity (Wildman–Crippen MR) is 108 cm³/mol. The van der Waals surface area contributed by atoms with Crippen molar-refractivity contribution in [3.8, 4) is 0 Å². The van der Waals surface area contributed by atoms with E-state index in [9.17, 15) is 13.2 Å². The monoisotopic (exact) mass is 407 g/mol. The molecule has 0 radical (unpaired) electrons. The van der Waals surface area contributed by atoms with Crippen molar-refractivity contribution in [2.24, 2.45) is 0 Å². The quantitative estimate of drug-likeness (QED) is 0.771. The molecule has 8 heteroatoms. The Morgan fingerprint density at radius 1 is 1.19 bits per heavy atom. The van der Waals surface area contributed by atoms with Gasteiger partial charge in [-0.2, -0.15) is 0 Å². The lowest BCUT2D eigenvalue weighted by Gasteiger charge is -2.25. The second-order valence-corrected chi connectivity index (χ2v) is 10.7. The Balaban J connectivity index is 1.47. The second-order valence-electron chi connectivity index (χ2n) is 7.50. The van der Waals surface area contributed by atoms with Crippen molar-refractivity contribution in [1.82, 2.24) is 14.9 Å². The highest BCUT2D eigenvalue weighted by Crippen LogP contribution is 2.35. The number of benzene rings is 1. The van der Waals surface area contributed by atoms with E-state index in [0.29, 0.717) is 12.5 Å². The highest BCUT2D eigenvalue weighted by molar-refractivity contribution is 7.99. The zero-order valence-electron chi connectivity index (χ0n) is 15.3. The number of fused-ring (bicyclic) bond motifs is 1. The minimum atomic E-state index is -2.98. The summed E-state index contributed by atoms with van der Waals surface area (Å²) >= 11 is 1.45. The van der Waals surface area contributed by atoms with Gasteiger partial charge in [0.05, 0.1) is 28.3 Å². The normalized spacial score (nSPS) is 22.9. The summed E-state index contributed by atoms with van der Waals surface area (Å²) in [6.45, 7) is 0. The van der Waals surface area contributed by atoms with Crippen LogP contribution in [0, 0.1) is 0 Å². The maximum absolute atomic E-state index is 12.3. The zero-order chi connectivity index (χ0) is 18.9. The van der Waals surface area contributed by atoms with Crippen LogP contribution in [-0.4, -0.2) is 47.2 Å². The summed E-state index contributed by atoms with van der Waals surface area (Å²) in [4.78, 5) is 17.1. The predicted octanol–water partition coefficient (Wildman–Crippen LogP) is 2.94. The number of carbonyl (C=O) groups excluding carboxylic acids is 1. The van der Waals surface area contributed by atoms with Crippen LogP contribution in [0.2, 0.25) is 0 Å². The molecule has 6 nitrogen and oxygen atoms in total. The van der Waals surface area contributed by atoms with Gasteiger partial charge in [-0.25, -0.2) is 13.4 Å². The second kappa shape index (κ2) is 7.83. The first-order chi connectivity index (χ1) is 13.0. The number of hydrogen-bond donors (Lipinski definition) is 1. The number of rotatable bonds is 5. The SMILES string of the molecule is O=C(CSc1nc2ccccc2n1C1CCCCC1)N[C@H]1CCS(=O)(=O)C1. The molecule has 2 aliphatic rings. The van der Waals surface area contributed by atoms with E-state index >= 15 is 0 Å². The van der Waals surface area contributed by atoms with Crippen LogP contribution in [0.4, 0.5) is 0 Å². The molecule has 2 fully saturated rings. The Bertz CT molecular complexity index is 933. The lowest BCUT2D eigenvalue weighted by molar-refractivity contribution is -0.119. The third-order valence-electron chi connectivity index (χ3n) is 5.43. The molecule has 2 heterocycles. The van der Waals surface area contributed by atoms with Crippen molar-refractivity contribution in [3.05, 3.63) is 24.3 Å². The molecule has 1 N–H and O–H groups in total. The van der Waals surface area contributed by atoms with Crippen molar-refractivity contribution >= 4 is 38.5 Å². The van der Waals surface area contributed by atoms with Crippen molar-refractivity contribution in [2.45, 2.75) is 55.8 Å². The Morgan fingerprint density at radius 3 is 2.70 bits per heavy atom. The standard InChI is InChI=1S/C19H25N3O3S2/c23-18(20-14-10-11-27(24,25)13-14)12-26-19-21-16-8-4-5-9-17(16)22(19)15-6-2-1-3-7-15/h4-5,8-9,14-15H,1-3,6-7,10-13H2,(H,20,23)/t14-/m0/s1. The minimum absolute atomic E-state index is 0.0595. The number of hydrogen-bond acceptors (Lipinski definition) is 5. The Labute approximate surface area is 164 Å². The number of sulfone groups is 1. The Kier molecular flexibility index (Phi) is 5.45. The summed E-state index contributed by atoms with van der Waals surface area (Å²) in [6.07, 6.45) is 6.58. The highest BCUT2D eigenvalue weighted by atomic mass is 32.2. The van der Waals surface area contributed by atoms with Gasteiger partial charge in [-0.3, -0.25) is 4.79 Å². The van der Waals surface area contributed by atoms with Crippen molar-refractivity contribution in [1.29, 1.82) is 0 Å². The van der Waals surface area contributed by atoms with Crippen LogP contribution >= 0.6 is 11.8 Å².